The summed E-state index contributed by atoms with van der Waals surface area (Å²) in [6.45, 7) is 5.86. The van der Waals surface area contributed by atoms with Gasteiger partial charge in [-0.3, -0.25) is 4.79 Å². The molecule has 1 aliphatic heterocycles. The van der Waals surface area contributed by atoms with Crippen LogP contribution in [0.25, 0.3) is 0 Å². The number of likely N-dealkylation sites (N-methyl/N-ethyl adjacent to an activating group) is 1. The number of amides is 1. The van der Waals surface area contributed by atoms with Crippen molar-refractivity contribution in [3.63, 3.8) is 0 Å². The second-order valence-electron chi connectivity index (χ2n) is 5.67. The van der Waals surface area contributed by atoms with Gasteiger partial charge in [-0.25, -0.2) is 0 Å². The van der Waals surface area contributed by atoms with Crippen LogP contribution in [0.4, 0.5) is 0 Å². The highest BCUT2D eigenvalue weighted by Crippen LogP contribution is 2.15. The molecule has 1 aromatic rings. The van der Waals surface area contributed by atoms with Gasteiger partial charge < -0.3 is 15.0 Å². The summed E-state index contributed by atoms with van der Waals surface area (Å²) in [5, 5.41) is 3.41. The Balaban J connectivity index is 1.89. The minimum atomic E-state index is 0.216. The first kappa shape index (κ1) is 15.8. The van der Waals surface area contributed by atoms with Crippen LogP contribution < -0.4 is 10.1 Å². The molecule has 1 aliphatic rings. The fourth-order valence-corrected chi connectivity index (χ4v) is 2.83. The number of carbonyl (C=O) groups is 1. The average molecular weight is 290 g/mol. The van der Waals surface area contributed by atoms with Gasteiger partial charge in [0, 0.05) is 13.1 Å². The maximum atomic E-state index is 12.4. The molecule has 1 amide bonds. The quantitative estimate of drug-likeness (QED) is 0.872. The predicted molar refractivity (Wildman–Crippen MR) is 84.5 cm³/mol. The van der Waals surface area contributed by atoms with Crippen molar-refractivity contribution in [2.45, 2.75) is 26.2 Å². The van der Waals surface area contributed by atoms with Crippen molar-refractivity contribution in [1.29, 1.82) is 0 Å². The molecule has 1 unspecified atom stereocenters. The number of hydrogen-bond acceptors (Lipinski definition) is 3. The maximum absolute atomic E-state index is 12.4. The van der Waals surface area contributed by atoms with Crippen LogP contribution >= 0.6 is 0 Å². The van der Waals surface area contributed by atoms with E-state index in [1.807, 2.05) is 29.2 Å². The first-order valence-electron chi connectivity index (χ1n) is 7.84. The highest BCUT2D eigenvalue weighted by Gasteiger charge is 2.19. The molecule has 4 nitrogen and oxygen atoms in total. The molecule has 0 spiro atoms. The fraction of sp³-hybridized carbons (Fsp3) is 0.588. The van der Waals surface area contributed by atoms with Crippen LogP contribution in [0.3, 0.4) is 0 Å². The maximum Gasteiger partial charge on any atom is 0.226 e. The minimum Gasteiger partial charge on any atom is -0.497 e. The summed E-state index contributed by atoms with van der Waals surface area (Å²) in [5.74, 6) is 1.64. The second kappa shape index (κ2) is 8.03. The standard InChI is InChI=1S/C17H26N2O2/c1-3-19(13-15-5-4-10-18-12-15)17(20)11-14-6-8-16(21-2)9-7-14/h6-9,15,18H,3-5,10-13H2,1-2H3. The molecule has 21 heavy (non-hydrogen) atoms. The molecule has 0 aromatic heterocycles. The Morgan fingerprint density at radius 3 is 2.71 bits per heavy atom. The van der Waals surface area contributed by atoms with Crippen LogP contribution in [0, 0.1) is 5.92 Å². The molecular weight excluding hydrogens is 264 g/mol. The first-order valence-corrected chi connectivity index (χ1v) is 7.84. The smallest absolute Gasteiger partial charge is 0.226 e. The van der Waals surface area contributed by atoms with E-state index in [0.29, 0.717) is 12.3 Å². The lowest BCUT2D eigenvalue weighted by Gasteiger charge is -2.29. The molecule has 1 heterocycles. The van der Waals surface area contributed by atoms with Crippen molar-refractivity contribution >= 4 is 5.91 Å². The molecule has 1 saturated heterocycles. The van der Waals surface area contributed by atoms with E-state index in [2.05, 4.69) is 12.2 Å². The number of ether oxygens (including phenoxy) is 1. The third-order valence-electron chi connectivity index (χ3n) is 4.13. The molecular formula is C17H26N2O2. The van der Waals surface area contributed by atoms with Crippen molar-refractivity contribution in [2.24, 2.45) is 5.92 Å². The topological polar surface area (TPSA) is 41.6 Å². The first-order chi connectivity index (χ1) is 10.2. The number of benzene rings is 1. The van der Waals surface area contributed by atoms with Crippen molar-refractivity contribution in [3.8, 4) is 5.75 Å². The molecule has 0 bridgehead atoms. The van der Waals surface area contributed by atoms with Crippen molar-refractivity contribution in [2.75, 3.05) is 33.3 Å². The van der Waals surface area contributed by atoms with E-state index in [-0.39, 0.29) is 5.91 Å². The van der Waals surface area contributed by atoms with E-state index in [4.69, 9.17) is 4.74 Å². The molecule has 2 rings (SSSR count). The SMILES string of the molecule is CCN(CC1CCCNC1)C(=O)Cc1ccc(OC)cc1. The van der Waals surface area contributed by atoms with Crippen LogP contribution in [0.5, 0.6) is 5.75 Å². The molecule has 0 saturated carbocycles. The average Bonchev–Trinajstić information content (AvgIpc) is 2.54. The highest BCUT2D eigenvalue weighted by atomic mass is 16.5. The van der Waals surface area contributed by atoms with E-state index in [1.54, 1.807) is 7.11 Å². The Labute approximate surface area is 127 Å². The Morgan fingerprint density at radius 1 is 1.38 bits per heavy atom. The summed E-state index contributed by atoms with van der Waals surface area (Å²) >= 11 is 0. The number of methoxy groups -OCH3 is 1. The molecule has 116 valence electrons. The van der Waals surface area contributed by atoms with Crippen molar-refractivity contribution in [3.05, 3.63) is 29.8 Å². The Kier molecular flexibility index (Phi) is 6.05. The molecule has 1 fully saturated rings. The largest absolute Gasteiger partial charge is 0.497 e. The van der Waals surface area contributed by atoms with Crippen molar-refractivity contribution in [1.82, 2.24) is 10.2 Å². The van der Waals surface area contributed by atoms with Gasteiger partial charge in [0.05, 0.1) is 13.5 Å². The van der Waals surface area contributed by atoms with E-state index in [0.717, 1.165) is 37.5 Å². The van der Waals surface area contributed by atoms with Gasteiger partial charge in [-0.1, -0.05) is 12.1 Å². The third kappa shape index (κ3) is 4.74. The lowest BCUT2D eigenvalue weighted by molar-refractivity contribution is -0.131. The van der Waals surface area contributed by atoms with Gasteiger partial charge in [-0.15, -0.1) is 0 Å². The number of piperidine rings is 1. The summed E-state index contributed by atoms with van der Waals surface area (Å²) in [6, 6.07) is 7.74. The fourth-order valence-electron chi connectivity index (χ4n) is 2.83. The van der Waals surface area contributed by atoms with Gasteiger partial charge in [-0.2, -0.15) is 0 Å². The number of rotatable bonds is 6. The van der Waals surface area contributed by atoms with Gasteiger partial charge in [0.15, 0.2) is 0 Å². The molecule has 1 aromatic carbocycles. The number of nitrogens with zero attached hydrogens (tertiary/aromatic N) is 1. The van der Waals surface area contributed by atoms with E-state index < -0.39 is 0 Å². The van der Waals surface area contributed by atoms with E-state index in [9.17, 15) is 4.79 Å². The molecule has 0 aliphatic carbocycles. The van der Waals surface area contributed by atoms with E-state index in [1.165, 1.54) is 12.8 Å². The van der Waals surface area contributed by atoms with Crippen LogP contribution in [0.1, 0.15) is 25.3 Å². The molecule has 1 N–H and O–H groups in total. The highest BCUT2D eigenvalue weighted by molar-refractivity contribution is 5.78. The zero-order valence-corrected chi connectivity index (χ0v) is 13.1. The van der Waals surface area contributed by atoms with Gasteiger partial charge >= 0.3 is 0 Å². The summed E-state index contributed by atoms with van der Waals surface area (Å²) in [7, 11) is 1.65. The molecule has 4 heteroatoms. The Bertz CT molecular complexity index is 439. The molecule has 1 atom stereocenters. The van der Waals surface area contributed by atoms with Gasteiger partial charge in [0.2, 0.25) is 5.91 Å². The zero-order chi connectivity index (χ0) is 15.1. The van der Waals surface area contributed by atoms with Crippen LogP contribution in [0.2, 0.25) is 0 Å². The summed E-state index contributed by atoms with van der Waals surface area (Å²) in [4.78, 5) is 14.4. The third-order valence-corrected chi connectivity index (χ3v) is 4.13. The minimum absolute atomic E-state index is 0.216. The van der Waals surface area contributed by atoms with Crippen LogP contribution in [0.15, 0.2) is 24.3 Å². The number of hydrogen-bond donors (Lipinski definition) is 1. The van der Waals surface area contributed by atoms with Gasteiger partial charge in [-0.05, 0) is 56.5 Å². The lowest BCUT2D eigenvalue weighted by Crippen LogP contribution is -2.41. The molecule has 0 radical (unpaired) electrons. The Hall–Kier alpha value is -1.55. The number of nitrogens with one attached hydrogen (secondary N) is 1. The van der Waals surface area contributed by atoms with Gasteiger partial charge in [0.25, 0.3) is 0 Å². The van der Waals surface area contributed by atoms with Gasteiger partial charge in [0.1, 0.15) is 5.75 Å². The zero-order valence-electron chi connectivity index (χ0n) is 13.1. The van der Waals surface area contributed by atoms with Crippen molar-refractivity contribution < 1.29 is 9.53 Å². The second-order valence-corrected chi connectivity index (χ2v) is 5.67. The lowest BCUT2D eigenvalue weighted by atomic mass is 9.99. The Morgan fingerprint density at radius 2 is 2.14 bits per heavy atom. The number of carbonyl (C=O) groups excluding carboxylic acids is 1. The monoisotopic (exact) mass is 290 g/mol. The predicted octanol–water partition coefficient (Wildman–Crippen LogP) is 2.09. The summed E-state index contributed by atoms with van der Waals surface area (Å²) in [5.41, 5.74) is 1.04. The normalized spacial score (nSPS) is 18.3. The van der Waals surface area contributed by atoms with Crippen LogP contribution in [-0.2, 0) is 11.2 Å². The van der Waals surface area contributed by atoms with Crippen LogP contribution in [-0.4, -0.2) is 44.1 Å². The van der Waals surface area contributed by atoms with E-state index >= 15 is 0 Å². The summed E-state index contributed by atoms with van der Waals surface area (Å²) in [6.07, 6.45) is 2.91. The summed E-state index contributed by atoms with van der Waals surface area (Å²) < 4.78 is 5.14.